The van der Waals surface area contributed by atoms with E-state index in [9.17, 15) is 9.59 Å². The first-order valence-electron chi connectivity index (χ1n) is 4.34. The van der Waals surface area contributed by atoms with E-state index in [2.05, 4.69) is 19.3 Å². The molecule has 0 aromatic carbocycles. The van der Waals surface area contributed by atoms with Crippen molar-refractivity contribution in [2.45, 2.75) is 25.7 Å². The van der Waals surface area contributed by atoms with E-state index in [1.807, 2.05) is 0 Å². The molecule has 0 saturated heterocycles. The SMILES string of the molecule is O=C(CCCO)CCC(=O)NB=NP. The number of amides is 1. The summed E-state index contributed by atoms with van der Waals surface area (Å²) in [4.78, 5) is 22.0. The van der Waals surface area contributed by atoms with Crippen molar-refractivity contribution in [1.82, 2.24) is 5.23 Å². The quantitative estimate of drug-likeness (QED) is 0.457. The summed E-state index contributed by atoms with van der Waals surface area (Å²) in [5.74, 6) is -0.231. The van der Waals surface area contributed by atoms with Gasteiger partial charge in [0.15, 0.2) is 0 Å². The van der Waals surface area contributed by atoms with Crippen LogP contribution >= 0.6 is 9.39 Å². The predicted octanol–water partition coefficient (Wildman–Crippen LogP) is -0.183. The van der Waals surface area contributed by atoms with E-state index in [4.69, 9.17) is 5.11 Å². The molecule has 0 aromatic heterocycles. The third-order valence-electron chi connectivity index (χ3n) is 1.54. The molecule has 5 nitrogen and oxygen atoms in total. The number of aliphatic hydroxyl groups excluding tert-OH is 1. The van der Waals surface area contributed by atoms with Gasteiger partial charge in [-0.3, -0.25) is 0 Å². The van der Waals surface area contributed by atoms with Crippen LogP contribution in [0.5, 0.6) is 0 Å². The molecule has 0 heterocycles. The van der Waals surface area contributed by atoms with Gasteiger partial charge in [0.1, 0.15) is 0 Å². The van der Waals surface area contributed by atoms with Crippen molar-refractivity contribution in [3.05, 3.63) is 0 Å². The summed E-state index contributed by atoms with van der Waals surface area (Å²) >= 11 is 0. The van der Waals surface area contributed by atoms with E-state index in [1.165, 1.54) is 7.21 Å². The van der Waals surface area contributed by atoms with Gasteiger partial charge in [-0.15, -0.1) is 0 Å². The Hall–Kier alpha value is -0.605. The van der Waals surface area contributed by atoms with Gasteiger partial charge in [0.2, 0.25) is 0 Å². The second kappa shape index (κ2) is 8.97. The van der Waals surface area contributed by atoms with E-state index in [-0.39, 0.29) is 31.1 Å². The summed E-state index contributed by atoms with van der Waals surface area (Å²) in [6.07, 6.45) is 1.19. The number of nitrogens with zero attached hydrogens (tertiary/aromatic N) is 1. The van der Waals surface area contributed by atoms with Crippen LogP contribution in [-0.2, 0) is 9.59 Å². The fourth-order valence-electron chi connectivity index (χ4n) is 0.836. The van der Waals surface area contributed by atoms with Crippen LogP contribution in [0.4, 0.5) is 0 Å². The average Bonchev–Trinajstić information content (AvgIpc) is 2.20. The maximum absolute atomic E-state index is 11.1. The molecule has 1 amide bonds. The Balaban J connectivity index is 3.50. The van der Waals surface area contributed by atoms with Crippen LogP contribution in [0, 0.1) is 0 Å². The standard InChI is InChI=1S/C7H14BN2O3P/c11-5-1-2-6(12)3-4-7(13)9-8-10-14/h11H,1-5,14H2,(H,9,13). The van der Waals surface area contributed by atoms with Gasteiger partial charge in [-0.1, -0.05) is 0 Å². The predicted molar refractivity (Wildman–Crippen MR) is 56.6 cm³/mol. The van der Waals surface area contributed by atoms with Gasteiger partial charge in [-0.25, -0.2) is 0 Å². The molecule has 0 rings (SSSR count). The molecule has 7 heteroatoms. The number of hydrogen-bond donors (Lipinski definition) is 2. The minimum absolute atomic E-state index is 0.00277. The topological polar surface area (TPSA) is 78.8 Å². The maximum atomic E-state index is 11.1. The molecule has 2 N–H and O–H groups in total. The van der Waals surface area contributed by atoms with Gasteiger partial charge in [0.05, 0.1) is 0 Å². The van der Waals surface area contributed by atoms with E-state index < -0.39 is 0 Å². The zero-order valence-electron chi connectivity index (χ0n) is 7.90. The molecular weight excluding hydrogens is 202 g/mol. The summed E-state index contributed by atoms with van der Waals surface area (Å²) in [7, 11) is 3.34. The summed E-state index contributed by atoms with van der Waals surface area (Å²) in [5.41, 5.74) is 0. The van der Waals surface area contributed by atoms with E-state index in [1.54, 1.807) is 0 Å². The van der Waals surface area contributed by atoms with E-state index >= 15 is 0 Å². The molecule has 1 atom stereocenters. The molecule has 0 aromatic rings. The second-order valence-corrected chi connectivity index (χ2v) is 3.01. The number of aliphatic hydroxyl groups is 1. The van der Waals surface area contributed by atoms with Gasteiger partial charge < -0.3 is 0 Å². The minimum atomic E-state index is -0.228. The summed E-state index contributed by atoms with van der Waals surface area (Å²) in [6.45, 7) is 0.0116. The van der Waals surface area contributed by atoms with Crippen molar-refractivity contribution in [3.8, 4) is 0 Å². The molecule has 1 unspecified atom stereocenters. The van der Waals surface area contributed by atoms with Gasteiger partial charge in [-0.05, 0) is 0 Å². The number of hydrogen-bond acceptors (Lipinski definition) is 4. The van der Waals surface area contributed by atoms with Crippen LogP contribution in [0.3, 0.4) is 0 Å². The van der Waals surface area contributed by atoms with Crippen molar-refractivity contribution in [2.75, 3.05) is 6.61 Å². The molecule has 78 valence electrons. The van der Waals surface area contributed by atoms with Gasteiger partial charge in [-0.2, -0.15) is 0 Å². The zero-order chi connectivity index (χ0) is 10.8. The Morgan fingerprint density at radius 1 is 1.36 bits per heavy atom. The van der Waals surface area contributed by atoms with Crippen molar-refractivity contribution in [2.24, 2.45) is 4.67 Å². The van der Waals surface area contributed by atoms with Crippen LogP contribution in [0.15, 0.2) is 4.67 Å². The normalized spacial score (nSPS) is 9.86. The molecule has 0 fully saturated rings. The van der Waals surface area contributed by atoms with E-state index in [0.717, 1.165) is 0 Å². The Bertz CT molecular complexity index is 223. The fourth-order valence-corrected chi connectivity index (χ4v) is 0.910. The number of nitrogens with one attached hydrogen (secondary N) is 1. The third kappa shape index (κ3) is 8.01. The van der Waals surface area contributed by atoms with Crippen molar-refractivity contribution in [1.29, 1.82) is 0 Å². The first kappa shape index (κ1) is 13.4. The zero-order valence-corrected chi connectivity index (χ0v) is 9.06. The monoisotopic (exact) mass is 216 g/mol. The molecule has 0 bridgehead atoms. The summed E-state index contributed by atoms with van der Waals surface area (Å²) in [6, 6.07) is 0. The molecule has 0 spiro atoms. The Labute approximate surface area is 85.9 Å². The summed E-state index contributed by atoms with van der Waals surface area (Å²) in [5, 5.41) is 10.8. The van der Waals surface area contributed by atoms with Crippen LogP contribution in [0.25, 0.3) is 0 Å². The first-order chi connectivity index (χ1) is 6.70. The Morgan fingerprint density at radius 3 is 2.64 bits per heavy atom. The molecule has 0 aliphatic heterocycles. The van der Waals surface area contributed by atoms with Gasteiger partial charge >= 0.3 is 85.2 Å². The van der Waals surface area contributed by atoms with Crippen LogP contribution in [-0.4, -0.2) is 30.6 Å². The number of carbonyl (C=O) groups is 2. The fraction of sp³-hybridized carbons (Fsp3) is 0.714. The molecule has 0 saturated carbocycles. The van der Waals surface area contributed by atoms with E-state index in [0.29, 0.717) is 12.8 Å². The van der Waals surface area contributed by atoms with Crippen molar-refractivity contribution >= 4 is 28.3 Å². The van der Waals surface area contributed by atoms with Crippen LogP contribution in [0.1, 0.15) is 25.7 Å². The van der Waals surface area contributed by atoms with Gasteiger partial charge in [0.25, 0.3) is 0 Å². The number of Topliss-reactive ketones (excluding diaryl/α,β-unsaturated/α-hetero) is 1. The molecule has 0 aliphatic carbocycles. The van der Waals surface area contributed by atoms with Crippen LogP contribution < -0.4 is 5.23 Å². The number of rotatable bonds is 7. The van der Waals surface area contributed by atoms with Crippen LogP contribution in [0.2, 0.25) is 0 Å². The number of carbonyl (C=O) groups excluding carboxylic acids is 2. The molecule has 0 radical (unpaired) electrons. The first-order valence-corrected chi connectivity index (χ1v) is 4.86. The summed E-state index contributed by atoms with van der Waals surface area (Å²) < 4.78 is 3.49. The van der Waals surface area contributed by atoms with Crippen molar-refractivity contribution < 1.29 is 14.7 Å². The second-order valence-electron chi connectivity index (χ2n) is 2.71. The average molecular weight is 216 g/mol. The van der Waals surface area contributed by atoms with Crippen molar-refractivity contribution in [3.63, 3.8) is 0 Å². The molecule has 14 heavy (non-hydrogen) atoms. The Morgan fingerprint density at radius 2 is 2.07 bits per heavy atom. The number of ketones is 1. The Kier molecular flexibility index (Phi) is 8.58. The van der Waals surface area contributed by atoms with Gasteiger partial charge in [0, 0.05) is 0 Å². The third-order valence-corrected chi connectivity index (χ3v) is 1.69. The molecular formula is C7H14BN2O3P. The molecule has 0 aliphatic rings.